The van der Waals surface area contributed by atoms with Crippen molar-refractivity contribution < 1.29 is 32.7 Å². The van der Waals surface area contributed by atoms with Crippen LogP contribution in [0, 0.1) is 23.2 Å². The van der Waals surface area contributed by atoms with Crippen molar-refractivity contribution in [3.8, 4) is 0 Å². The summed E-state index contributed by atoms with van der Waals surface area (Å²) in [6.07, 6.45) is 4.22. The van der Waals surface area contributed by atoms with Gasteiger partial charge in [0, 0.05) is 6.54 Å². The van der Waals surface area contributed by atoms with E-state index in [1.165, 1.54) is 11.3 Å². The number of nitrogens with zero attached hydrogens (tertiary/aromatic N) is 1. The lowest BCUT2D eigenvalue weighted by atomic mass is 9.85. The zero-order valence-corrected chi connectivity index (χ0v) is 22.2. The second kappa shape index (κ2) is 9.92. The molecule has 0 aromatic heterocycles. The number of rotatable bonds is 8. The van der Waals surface area contributed by atoms with Gasteiger partial charge < -0.3 is 20.3 Å². The first kappa shape index (κ1) is 26.8. The summed E-state index contributed by atoms with van der Waals surface area (Å²) in [5, 5.41) is 5.53. The summed E-state index contributed by atoms with van der Waals surface area (Å²) in [5.74, 6) is -0.390. The monoisotopic (exact) mass is 526 g/mol. The van der Waals surface area contributed by atoms with Crippen LogP contribution in [0.4, 0.5) is 4.79 Å². The fourth-order valence-corrected chi connectivity index (χ4v) is 6.30. The zero-order valence-electron chi connectivity index (χ0n) is 21.4. The van der Waals surface area contributed by atoms with Crippen LogP contribution < -0.4 is 15.4 Å². The highest BCUT2D eigenvalue weighted by atomic mass is 32.2. The molecule has 0 aromatic carbocycles. The van der Waals surface area contributed by atoms with Crippen LogP contribution in [-0.2, 0) is 30.4 Å². The molecule has 0 spiro atoms. The molecule has 3 saturated carbocycles. The molecule has 2 unspecified atom stereocenters. The topological polar surface area (TPSA) is 154 Å². The average Bonchev–Trinajstić information content (AvgIpc) is 3.55. The Morgan fingerprint density at radius 1 is 1.17 bits per heavy atom. The molecule has 4 aliphatic rings. The number of ether oxygens (including phenoxy) is 1. The van der Waals surface area contributed by atoms with Gasteiger partial charge in [-0.3, -0.25) is 18.9 Å². The zero-order chi connectivity index (χ0) is 26.4. The molecule has 3 aliphatic carbocycles. The summed E-state index contributed by atoms with van der Waals surface area (Å²) in [5.41, 5.74) is -1.89. The molecule has 4 N–H and O–H groups in total. The van der Waals surface area contributed by atoms with Crippen molar-refractivity contribution in [1.82, 2.24) is 20.3 Å². The van der Waals surface area contributed by atoms with E-state index >= 15 is 0 Å². The lowest BCUT2D eigenvalue weighted by Gasteiger charge is -2.35. The van der Waals surface area contributed by atoms with Crippen LogP contribution in [0.5, 0.6) is 0 Å². The molecule has 11 nitrogen and oxygen atoms in total. The van der Waals surface area contributed by atoms with Crippen LogP contribution in [-0.4, -0.2) is 67.7 Å². The number of nitrogens with one attached hydrogen (secondary N) is 3. The van der Waals surface area contributed by atoms with Gasteiger partial charge in [0.25, 0.3) is 17.2 Å². The minimum atomic E-state index is -2.54. The first-order chi connectivity index (χ1) is 16.9. The molecule has 0 bridgehead atoms. The van der Waals surface area contributed by atoms with E-state index in [1.807, 2.05) is 32.4 Å². The van der Waals surface area contributed by atoms with Gasteiger partial charge in [0.2, 0.25) is 11.8 Å². The molecular formula is C24H38N4O7S. The van der Waals surface area contributed by atoms with Crippen molar-refractivity contribution in [3.63, 3.8) is 0 Å². The molecule has 0 radical (unpaired) electrons. The van der Waals surface area contributed by atoms with Gasteiger partial charge in [-0.05, 0) is 61.7 Å². The number of alkyl carbamates (subject to hydrolysis) is 1. The van der Waals surface area contributed by atoms with Crippen molar-refractivity contribution in [2.45, 2.75) is 96.4 Å². The van der Waals surface area contributed by atoms with Crippen LogP contribution >= 0.6 is 0 Å². The highest BCUT2D eigenvalue weighted by Crippen LogP contribution is 2.52. The molecule has 36 heavy (non-hydrogen) atoms. The smallest absolute Gasteiger partial charge is 0.408 e. The van der Waals surface area contributed by atoms with Gasteiger partial charge in [0.1, 0.15) is 23.7 Å². The van der Waals surface area contributed by atoms with Crippen LogP contribution in [0.2, 0.25) is 0 Å². The molecule has 1 saturated heterocycles. The molecule has 1 heterocycles. The number of likely N-dealkylation sites (tertiary alicyclic amines) is 1. The predicted molar refractivity (Wildman–Crippen MR) is 130 cm³/mol. The second-order valence-corrected chi connectivity index (χ2v) is 12.5. The Balaban J connectivity index is 1.42. The Labute approximate surface area is 214 Å². The normalized spacial score (nSPS) is 34.2. The quantitative estimate of drug-likeness (QED) is 0.349. The highest BCUT2D eigenvalue weighted by molar-refractivity contribution is 7.77. The van der Waals surface area contributed by atoms with E-state index in [9.17, 15) is 23.4 Å². The van der Waals surface area contributed by atoms with E-state index in [0.29, 0.717) is 44.1 Å². The van der Waals surface area contributed by atoms with Crippen LogP contribution in [0.3, 0.4) is 0 Å². The van der Waals surface area contributed by atoms with E-state index in [2.05, 4.69) is 10.6 Å². The van der Waals surface area contributed by atoms with Crippen molar-refractivity contribution in [2.24, 2.45) is 23.2 Å². The third-order valence-corrected chi connectivity index (χ3v) is 8.58. The van der Waals surface area contributed by atoms with Crippen LogP contribution in [0.25, 0.3) is 0 Å². The van der Waals surface area contributed by atoms with Gasteiger partial charge in [-0.2, -0.15) is 0 Å². The predicted octanol–water partition coefficient (Wildman–Crippen LogP) is 1.45. The molecule has 0 aromatic rings. The second-order valence-electron chi connectivity index (χ2n) is 11.8. The Morgan fingerprint density at radius 2 is 1.83 bits per heavy atom. The molecule has 202 valence electrons. The third-order valence-electron chi connectivity index (χ3n) is 8.22. The molecule has 4 fully saturated rings. The van der Waals surface area contributed by atoms with E-state index in [1.54, 1.807) is 0 Å². The molecule has 8 atom stereocenters. The van der Waals surface area contributed by atoms with E-state index in [-0.39, 0.29) is 17.9 Å². The number of hydrogen-bond acceptors (Lipinski definition) is 6. The Morgan fingerprint density at radius 3 is 2.39 bits per heavy atom. The lowest BCUT2D eigenvalue weighted by Crippen LogP contribution is -2.60. The summed E-state index contributed by atoms with van der Waals surface area (Å²) in [7, 11) is 0. The average molecular weight is 527 g/mol. The Kier molecular flexibility index (Phi) is 7.40. The van der Waals surface area contributed by atoms with Gasteiger partial charge in [-0.1, -0.05) is 34.1 Å². The molecule has 12 heteroatoms. The number of carbonyl (C=O) groups is 4. The van der Waals surface area contributed by atoms with Gasteiger partial charge in [0.05, 0.1) is 0 Å². The lowest BCUT2D eigenvalue weighted by molar-refractivity contribution is -0.142. The molecular weight excluding hydrogens is 488 g/mol. The highest BCUT2D eigenvalue weighted by Gasteiger charge is 2.61. The summed E-state index contributed by atoms with van der Waals surface area (Å²) in [4.78, 5) is 53.6. The van der Waals surface area contributed by atoms with E-state index in [0.717, 1.165) is 12.8 Å². The minimum Gasteiger partial charge on any atom is -0.446 e. The number of hydrogen-bond donors (Lipinski definition) is 4. The maximum absolute atomic E-state index is 13.6. The summed E-state index contributed by atoms with van der Waals surface area (Å²) in [6, 6.07) is -1.70. The molecule has 4 rings (SSSR count). The fourth-order valence-electron chi connectivity index (χ4n) is 5.96. The molecule has 1 aliphatic heterocycles. The van der Waals surface area contributed by atoms with Crippen molar-refractivity contribution in [1.29, 1.82) is 0 Å². The number of fused-ring (bicyclic) bond motifs is 1. The largest absolute Gasteiger partial charge is 0.446 e. The van der Waals surface area contributed by atoms with Crippen molar-refractivity contribution >= 4 is 35.1 Å². The van der Waals surface area contributed by atoms with Crippen LogP contribution in [0.15, 0.2) is 0 Å². The van der Waals surface area contributed by atoms with Gasteiger partial charge >= 0.3 is 6.09 Å². The summed E-state index contributed by atoms with van der Waals surface area (Å²) in [6.45, 7) is 7.76. The number of carbonyl (C=O) groups excluding carboxylic acids is 4. The first-order valence-corrected chi connectivity index (χ1v) is 14.0. The standard InChI is InChI=1S/C24H38N4O7S/c1-5-15-12-24(15,21(31)27-36(33)34)26-19(29)17-7-6-8-28(17)20(30)18(23(2,3)4)25-22(32)35-16-10-13-9-14(13)11-16/h13-18H,5-12H2,1-4H3,(H,25,32)(H,26,29)(H,27,31)(H,33,34)/t13-,14+,15-,16?,17+,18-,24-/m1/s1. The SMILES string of the molecule is CC[C@@H]1C[C@]1(NC(=O)[C@@H]1CCCN1C(=O)[C@@H](NC(=O)OC1C[C@@H]2C[C@@H]2C1)C(C)(C)C)C(=O)NS(=O)O. The Hall–Kier alpha value is -2.21. The third kappa shape index (κ3) is 5.53. The van der Waals surface area contributed by atoms with Crippen LogP contribution in [0.1, 0.15) is 72.6 Å². The van der Waals surface area contributed by atoms with E-state index in [4.69, 9.17) is 9.29 Å². The van der Waals surface area contributed by atoms with Crippen molar-refractivity contribution in [2.75, 3.05) is 6.54 Å². The fraction of sp³-hybridized carbons (Fsp3) is 0.833. The van der Waals surface area contributed by atoms with Crippen molar-refractivity contribution in [3.05, 3.63) is 0 Å². The van der Waals surface area contributed by atoms with Gasteiger partial charge in [-0.25, -0.2) is 13.7 Å². The van der Waals surface area contributed by atoms with Gasteiger partial charge in [-0.15, -0.1) is 0 Å². The molecule has 4 amide bonds. The minimum absolute atomic E-state index is 0.115. The van der Waals surface area contributed by atoms with E-state index < -0.39 is 52.2 Å². The summed E-state index contributed by atoms with van der Waals surface area (Å²) < 4.78 is 27.8. The Bertz CT molecular complexity index is 943. The number of amides is 4. The summed E-state index contributed by atoms with van der Waals surface area (Å²) >= 11 is -2.54. The first-order valence-electron chi connectivity index (χ1n) is 12.9. The maximum atomic E-state index is 13.6. The maximum Gasteiger partial charge on any atom is 0.408 e. The van der Waals surface area contributed by atoms with Gasteiger partial charge in [0.15, 0.2) is 0 Å².